The van der Waals surface area contributed by atoms with E-state index in [0.717, 1.165) is 6.42 Å². The highest BCUT2D eigenvalue weighted by Gasteiger charge is 2.35. The summed E-state index contributed by atoms with van der Waals surface area (Å²) < 4.78 is 0. The van der Waals surface area contributed by atoms with Gasteiger partial charge in [0.1, 0.15) is 0 Å². The van der Waals surface area contributed by atoms with Crippen molar-refractivity contribution in [2.45, 2.75) is 26.2 Å². The molecule has 1 radical (unpaired) electrons. The summed E-state index contributed by atoms with van der Waals surface area (Å²) in [5, 5.41) is 0. The monoisotopic (exact) mass is 98.1 g/mol. The zero-order valence-electron chi connectivity index (χ0n) is 4.83. The fraction of sp³-hybridized carbons (Fsp3) is 1.00. The van der Waals surface area contributed by atoms with E-state index in [4.69, 9.17) is 5.73 Å². The minimum absolute atomic E-state index is 0.613. The second-order valence-corrected chi connectivity index (χ2v) is 2.81. The fourth-order valence-corrected chi connectivity index (χ4v) is 0.765. The van der Waals surface area contributed by atoms with E-state index in [9.17, 15) is 0 Å². The summed E-state index contributed by atoms with van der Waals surface area (Å²) in [4.78, 5) is 0. The fourth-order valence-electron chi connectivity index (χ4n) is 0.765. The van der Waals surface area contributed by atoms with Crippen molar-refractivity contribution < 1.29 is 0 Å². The molecule has 0 amide bonds. The highest BCUT2D eigenvalue weighted by Crippen LogP contribution is 2.47. The smallest absolute Gasteiger partial charge is 0.0105 e. The van der Waals surface area contributed by atoms with E-state index in [1.165, 1.54) is 12.8 Å². The summed E-state index contributed by atoms with van der Waals surface area (Å²) in [5.41, 5.74) is 7.51. The molecule has 0 atom stereocenters. The summed E-state index contributed by atoms with van der Waals surface area (Å²) in [6.07, 6.45) is 3.85. The van der Waals surface area contributed by atoms with Crippen molar-refractivity contribution in [3.63, 3.8) is 0 Å². The quantitative estimate of drug-likeness (QED) is 0.499. The molecule has 1 nitrogen and oxygen atoms in total. The Kier molecular flexibility index (Phi) is 1.08. The van der Waals surface area contributed by atoms with E-state index < -0.39 is 0 Å². The topological polar surface area (TPSA) is 23.8 Å². The molecule has 1 saturated carbocycles. The van der Waals surface area contributed by atoms with Crippen molar-refractivity contribution in [3.05, 3.63) is 0 Å². The van der Waals surface area contributed by atoms with Gasteiger partial charge in [0.25, 0.3) is 0 Å². The SMILES string of the molecule is CC1(CC[NH])CC1. The third-order valence-corrected chi connectivity index (χ3v) is 1.83. The van der Waals surface area contributed by atoms with Crippen molar-refractivity contribution in [2.24, 2.45) is 5.41 Å². The number of nitrogens with one attached hydrogen (secondary N) is 1. The van der Waals surface area contributed by atoms with Crippen LogP contribution in [-0.4, -0.2) is 6.54 Å². The Hall–Kier alpha value is -0.0400. The molecule has 0 bridgehead atoms. The largest absolute Gasteiger partial charge is 0.258 e. The molecule has 7 heavy (non-hydrogen) atoms. The van der Waals surface area contributed by atoms with Crippen LogP contribution in [0.2, 0.25) is 0 Å². The van der Waals surface area contributed by atoms with Gasteiger partial charge in [-0.2, -0.15) is 0 Å². The van der Waals surface area contributed by atoms with E-state index in [1.54, 1.807) is 0 Å². The molecule has 1 rings (SSSR count). The molecule has 41 valence electrons. The Balaban J connectivity index is 2.13. The minimum atomic E-state index is 0.613. The first-order chi connectivity index (χ1) is 3.27. The number of rotatable bonds is 2. The van der Waals surface area contributed by atoms with Crippen molar-refractivity contribution in [1.82, 2.24) is 5.73 Å². The predicted octanol–water partition coefficient (Wildman–Crippen LogP) is 1.46. The molecule has 1 aliphatic carbocycles. The molecule has 0 heterocycles. The molecule has 1 aliphatic rings. The summed E-state index contributed by atoms with van der Waals surface area (Å²) in [5.74, 6) is 0. The highest BCUT2D eigenvalue weighted by molar-refractivity contribution is 4.87. The van der Waals surface area contributed by atoms with Gasteiger partial charge < -0.3 is 0 Å². The van der Waals surface area contributed by atoms with Crippen molar-refractivity contribution in [3.8, 4) is 0 Å². The predicted molar refractivity (Wildman–Crippen MR) is 29.9 cm³/mol. The first kappa shape index (κ1) is 5.10. The van der Waals surface area contributed by atoms with Crippen LogP contribution in [0.3, 0.4) is 0 Å². The maximum absolute atomic E-state index is 6.90. The van der Waals surface area contributed by atoms with Crippen molar-refractivity contribution in [2.75, 3.05) is 6.54 Å². The number of hydrogen-bond acceptors (Lipinski definition) is 0. The van der Waals surface area contributed by atoms with E-state index in [1.807, 2.05) is 0 Å². The highest BCUT2D eigenvalue weighted by atomic mass is 14.6. The lowest BCUT2D eigenvalue weighted by Gasteiger charge is -2.00. The van der Waals surface area contributed by atoms with Crippen LogP contribution in [0.25, 0.3) is 0 Å². The zero-order chi connectivity index (χ0) is 5.33. The van der Waals surface area contributed by atoms with Gasteiger partial charge in [-0.3, -0.25) is 5.73 Å². The van der Waals surface area contributed by atoms with E-state index in [-0.39, 0.29) is 0 Å². The molecule has 0 aromatic carbocycles. The molecule has 0 aromatic rings. The van der Waals surface area contributed by atoms with Crippen molar-refractivity contribution >= 4 is 0 Å². The Morgan fingerprint density at radius 3 is 2.29 bits per heavy atom. The maximum Gasteiger partial charge on any atom is 0.0105 e. The van der Waals surface area contributed by atoms with Crippen LogP contribution in [0, 0.1) is 5.41 Å². The van der Waals surface area contributed by atoms with Crippen LogP contribution < -0.4 is 5.73 Å². The van der Waals surface area contributed by atoms with Gasteiger partial charge in [-0.15, -0.1) is 0 Å². The van der Waals surface area contributed by atoms with Gasteiger partial charge in [0.15, 0.2) is 0 Å². The van der Waals surface area contributed by atoms with E-state index in [2.05, 4.69) is 6.92 Å². The molecule has 0 spiro atoms. The lowest BCUT2D eigenvalue weighted by atomic mass is 10.1. The Morgan fingerprint density at radius 2 is 2.14 bits per heavy atom. The van der Waals surface area contributed by atoms with Gasteiger partial charge in [-0.05, 0) is 24.7 Å². The van der Waals surface area contributed by atoms with Gasteiger partial charge >= 0.3 is 0 Å². The van der Waals surface area contributed by atoms with Crippen LogP contribution in [0.4, 0.5) is 0 Å². The minimum Gasteiger partial charge on any atom is -0.258 e. The second kappa shape index (κ2) is 1.48. The third-order valence-electron chi connectivity index (χ3n) is 1.83. The van der Waals surface area contributed by atoms with E-state index in [0.29, 0.717) is 12.0 Å². The average molecular weight is 98.2 g/mol. The Labute approximate surface area is 44.9 Å². The van der Waals surface area contributed by atoms with E-state index >= 15 is 0 Å². The Bertz CT molecular complexity index is 64.6. The summed E-state index contributed by atoms with van der Waals surface area (Å²) >= 11 is 0. The maximum atomic E-state index is 6.90. The first-order valence-electron chi connectivity index (χ1n) is 2.91. The summed E-state index contributed by atoms with van der Waals surface area (Å²) in [7, 11) is 0. The standard InChI is InChI=1S/C6H12N/c1-6(2-3-6)4-5-7/h7H,2-5H2,1H3. The molecule has 0 unspecified atom stereocenters. The summed E-state index contributed by atoms with van der Waals surface area (Å²) in [6.45, 7) is 2.89. The average Bonchev–Trinajstić information content (AvgIpc) is 2.22. The normalized spacial score (nSPS) is 24.9. The van der Waals surface area contributed by atoms with Crippen molar-refractivity contribution in [1.29, 1.82) is 0 Å². The molecule has 0 aliphatic heterocycles. The van der Waals surface area contributed by atoms with Crippen LogP contribution in [-0.2, 0) is 0 Å². The lowest BCUT2D eigenvalue weighted by Crippen LogP contribution is -1.96. The molecule has 0 aromatic heterocycles. The molecule has 0 saturated heterocycles. The lowest BCUT2D eigenvalue weighted by molar-refractivity contribution is 0.523. The van der Waals surface area contributed by atoms with Crippen LogP contribution >= 0.6 is 0 Å². The van der Waals surface area contributed by atoms with Gasteiger partial charge in [0.05, 0.1) is 0 Å². The molecule has 1 heteroatoms. The van der Waals surface area contributed by atoms with Gasteiger partial charge in [-0.25, -0.2) is 0 Å². The Morgan fingerprint density at radius 1 is 1.57 bits per heavy atom. The van der Waals surface area contributed by atoms with Gasteiger partial charge in [0, 0.05) is 6.54 Å². The third kappa shape index (κ3) is 1.16. The van der Waals surface area contributed by atoms with Gasteiger partial charge in [-0.1, -0.05) is 6.92 Å². The second-order valence-electron chi connectivity index (χ2n) is 2.81. The molecular weight excluding hydrogens is 86.1 g/mol. The summed E-state index contributed by atoms with van der Waals surface area (Å²) in [6, 6.07) is 0. The van der Waals surface area contributed by atoms with Crippen LogP contribution in [0.15, 0.2) is 0 Å². The zero-order valence-corrected chi connectivity index (χ0v) is 4.83. The van der Waals surface area contributed by atoms with Crippen LogP contribution in [0.1, 0.15) is 26.2 Å². The van der Waals surface area contributed by atoms with Crippen LogP contribution in [0.5, 0.6) is 0 Å². The number of hydrogen-bond donors (Lipinski definition) is 0. The first-order valence-corrected chi connectivity index (χ1v) is 2.91. The van der Waals surface area contributed by atoms with Gasteiger partial charge in [0.2, 0.25) is 0 Å². The molecular formula is C6H12N. The molecule has 1 N–H and O–H groups in total. The molecule has 1 fully saturated rings.